The molecule has 3 N–H and O–H groups in total. The Kier molecular flexibility index (Phi) is 4.41. The van der Waals surface area contributed by atoms with Crippen LogP contribution in [0.2, 0.25) is 0 Å². The Morgan fingerprint density at radius 1 is 1.24 bits per heavy atom. The molecule has 0 heterocycles. The Morgan fingerprint density at radius 2 is 1.86 bits per heavy atom. The second kappa shape index (κ2) is 5.65. The van der Waals surface area contributed by atoms with Crippen LogP contribution in [0.1, 0.15) is 19.3 Å². The minimum Gasteiger partial charge on any atom is -0.377 e. The molecule has 21 heavy (non-hydrogen) atoms. The molecule has 0 aliphatic heterocycles. The molecule has 118 valence electrons. The van der Waals surface area contributed by atoms with Crippen LogP contribution in [0, 0.1) is 0 Å². The Balaban J connectivity index is 2.20. The highest BCUT2D eigenvalue weighted by atomic mass is 32.2. The van der Waals surface area contributed by atoms with Crippen molar-refractivity contribution in [2.75, 3.05) is 13.7 Å². The van der Waals surface area contributed by atoms with Gasteiger partial charge < -0.3 is 4.74 Å². The number of benzene rings is 1. The fourth-order valence-electron chi connectivity index (χ4n) is 2.15. The normalized spacial score (nSPS) is 18.2. The Labute approximate surface area is 124 Å². The number of methoxy groups -OCH3 is 1. The molecule has 1 saturated carbocycles. The molecule has 1 aromatic carbocycles. The lowest BCUT2D eigenvalue weighted by Crippen LogP contribution is -2.49. The largest absolute Gasteiger partial charge is 0.377 e. The van der Waals surface area contributed by atoms with E-state index in [0.717, 1.165) is 25.3 Å². The molecule has 7 nitrogen and oxygen atoms in total. The number of hydrogen-bond donors (Lipinski definition) is 2. The van der Waals surface area contributed by atoms with E-state index in [1.165, 1.54) is 18.2 Å². The summed E-state index contributed by atoms with van der Waals surface area (Å²) in [7, 11) is -6.21. The summed E-state index contributed by atoms with van der Waals surface area (Å²) in [5.41, 5.74) is -0.454. The maximum absolute atomic E-state index is 12.2. The summed E-state index contributed by atoms with van der Waals surface area (Å²) in [5, 5.41) is 5.00. The smallest absolute Gasteiger partial charge is 0.240 e. The third-order valence-electron chi connectivity index (χ3n) is 3.73. The van der Waals surface area contributed by atoms with Crippen LogP contribution in [0.3, 0.4) is 0 Å². The summed E-state index contributed by atoms with van der Waals surface area (Å²) in [5.74, 6) is 0. The van der Waals surface area contributed by atoms with Gasteiger partial charge in [-0.1, -0.05) is 6.07 Å². The lowest BCUT2D eigenvalue weighted by atomic mass is 9.80. The second-order valence-electron chi connectivity index (χ2n) is 5.09. The molecule has 0 bridgehead atoms. The van der Waals surface area contributed by atoms with Crippen molar-refractivity contribution in [3.05, 3.63) is 24.3 Å². The van der Waals surface area contributed by atoms with Gasteiger partial charge in [-0.3, -0.25) is 0 Å². The molecule has 0 saturated heterocycles. The minimum absolute atomic E-state index is 0.139. The zero-order chi connectivity index (χ0) is 15.7. The van der Waals surface area contributed by atoms with Crippen molar-refractivity contribution >= 4 is 20.0 Å². The van der Waals surface area contributed by atoms with Gasteiger partial charge in [-0.25, -0.2) is 26.7 Å². The molecule has 9 heteroatoms. The molecule has 1 aliphatic carbocycles. The van der Waals surface area contributed by atoms with Gasteiger partial charge in [0.05, 0.1) is 15.4 Å². The SMILES string of the molecule is COC1(CNS(=O)(=O)c2cccc(S(N)(=O)=O)c2)CCC1. The van der Waals surface area contributed by atoms with Crippen LogP contribution >= 0.6 is 0 Å². The quantitative estimate of drug-likeness (QED) is 0.770. The average Bonchev–Trinajstić information content (AvgIpc) is 2.37. The van der Waals surface area contributed by atoms with Gasteiger partial charge in [0.1, 0.15) is 0 Å². The van der Waals surface area contributed by atoms with Gasteiger partial charge in [0.2, 0.25) is 20.0 Å². The summed E-state index contributed by atoms with van der Waals surface area (Å²) < 4.78 is 54.8. The maximum atomic E-state index is 12.2. The third kappa shape index (κ3) is 3.61. The Morgan fingerprint density at radius 3 is 2.33 bits per heavy atom. The average molecular weight is 334 g/mol. The molecular formula is C12H18N2O5S2. The fourth-order valence-corrected chi connectivity index (χ4v) is 3.95. The first kappa shape index (κ1) is 16.4. The van der Waals surface area contributed by atoms with Crippen LogP contribution in [0.5, 0.6) is 0 Å². The monoisotopic (exact) mass is 334 g/mol. The van der Waals surface area contributed by atoms with Crippen LogP contribution in [0.15, 0.2) is 34.1 Å². The predicted molar refractivity (Wildman–Crippen MR) is 76.6 cm³/mol. The molecular weight excluding hydrogens is 316 g/mol. The van der Waals surface area contributed by atoms with E-state index in [1.807, 2.05) is 0 Å². The van der Waals surface area contributed by atoms with Gasteiger partial charge in [-0.2, -0.15) is 0 Å². The van der Waals surface area contributed by atoms with Crippen molar-refractivity contribution < 1.29 is 21.6 Å². The molecule has 1 aromatic rings. The molecule has 0 radical (unpaired) electrons. The summed E-state index contributed by atoms with van der Waals surface area (Å²) in [6.07, 6.45) is 2.59. The minimum atomic E-state index is -3.94. The van der Waals surface area contributed by atoms with Crippen LogP contribution in [0.25, 0.3) is 0 Å². The Hall–Kier alpha value is -1.00. The van der Waals surface area contributed by atoms with Crippen LogP contribution in [0.4, 0.5) is 0 Å². The van der Waals surface area contributed by atoms with E-state index < -0.39 is 25.6 Å². The van der Waals surface area contributed by atoms with Crippen molar-refractivity contribution in [3.8, 4) is 0 Å². The van der Waals surface area contributed by atoms with Crippen LogP contribution < -0.4 is 9.86 Å². The summed E-state index contributed by atoms with van der Waals surface area (Å²) in [6.45, 7) is 0.158. The molecule has 2 rings (SSSR count). The first-order chi connectivity index (χ1) is 9.69. The number of primary sulfonamides is 1. The van der Waals surface area contributed by atoms with E-state index in [1.54, 1.807) is 7.11 Å². The zero-order valence-corrected chi connectivity index (χ0v) is 13.2. The van der Waals surface area contributed by atoms with E-state index in [4.69, 9.17) is 9.88 Å². The fraction of sp³-hybridized carbons (Fsp3) is 0.500. The predicted octanol–water partition coefficient (Wildman–Crippen LogP) is 0.181. The van der Waals surface area contributed by atoms with Crippen LogP contribution in [-0.2, 0) is 24.8 Å². The first-order valence-corrected chi connectivity index (χ1v) is 9.39. The first-order valence-electron chi connectivity index (χ1n) is 6.36. The summed E-state index contributed by atoms with van der Waals surface area (Å²) in [6, 6.07) is 4.94. The lowest BCUT2D eigenvalue weighted by Gasteiger charge is -2.40. The van der Waals surface area contributed by atoms with Crippen molar-refractivity contribution in [2.45, 2.75) is 34.7 Å². The number of rotatable bonds is 6. The van der Waals surface area contributed by atoms with E-state index in [2.05, 4.69) is 4.72 Å². The zero-order valence-electron chi connectivity index (χ0n) is 11.6. The number of nitrogens with two attached hydrogens (primary N) is 1. The third-order valence-corrected chi connectivity index (χ3v) is 6.04. The summed E-state index contributed by atoms with van der Waals surface area (Å²) >= 11 is 0. The van der Waals surface area contributed by atoms with E-state index in [9.17, 15) is 16.8 Å². The van der Waals surface area contributed by atoms with Gasteiger partial charge in [-0.15, -0.1) is 0 Å². The van der Waals surface area contributed by atoms with Gasteiger partial charge in [0.25, 0.3) is 0 Å². The molecule has 0 aromatic heterocycles. The molecule has 0 atom stereocenters. The highest BCUT2D eigenvalue weighted by Gasteiger charge is 2.38. The van der Waals surface area contributed by atoms with Crippen molar-refractivity contribution in [1.29, 1.82) is 0 Å². The number of sulfonamides is 2. The van der Waals surface area contributed by atoms with E-state index >= 15 is 0 Å². The van der Waals surface area contributed by atoms with Crippen LogP contribution in [-0.4, -0.2) is 36.1 Å². The number of nitrogens with one attached hydrogen (secondary N) is 1. The Bertz CT molecular complexity index is 718. The highest BCUT2D eigenvalue weighted by molar-refractivity contribution is 7.90. The second-order valence-corrected chi connectivity index (χ2v) is 8.41. The van der Waals surface area contributed by atoms with Gasteiger partial charge in [0, 0.05) is 13.7 Å². The highest BCUT2D eigenvalue weighted by Crippen LogP contribution is 2.34. The molecule has 1 fully saturated rings. The summed E-state index contributed by atoms with van der Waals surface area (Å²) in [4.78, 5) is -0.380. The van der Waals surface area contributed by atoms with Gasteiger partial charge in [0.15, 0.2) is 0 Å². The van der Waals surface area contributed by atoms with Crippen molar-refractivity contribution in [1.82, 2.24) is 4.72 Å². The molecule has 1 aliphatic rings. The molecule has 0 unspecified atom stereocenters. The standard InChI is InChI=1S/C12H18N2O5S2/c1-19-12(6-3-7-12)9-14-21(17,18)11-5-2-4-10(8-11)20(13,15)16/h2,4-5,8,14H,3,6-7,9H2,1H3,(H2,13,15,16). The van der Waals surface area contributed by atoms with Crippen molar-refractivity contribution in [3.63, 3.8) is 0 Å². The van der Waals surface area contributed by atoms with Gasteiger partial charge in [-0.05, 0) is 37.5 Å². The maximum Gasteiger partial charge on any atom is 0.240 e. The molecule has 0 amide bonds. The number of hydrogen-bond acceptors (Lipinski definition) is 5. The topological polar surface area (TPSA) is 116 Å². The van der Waals surface area contributed by atoms with Crippen molar-refractivity contribution in [2.24, 2.45) is 5.14 Å². The lowest BCUT2D eigenvalue weighted by molar-refractivity contribution is -0.0659. The molecule has 0 spiro atoms. The van der Waals surface area contributed by atoms with E-state index in [0.29, 0.717) is 0 Å². The number of ether oxygens (including phenoxy) is 1. The van der Waals surface area contributed by atoms with E-state index in [-0.39, 0.29) is 16.3 Å². The van der Waals surface area contributed by atoms with Gasteiger partial charge >= 0.3 is 0 Å².